The van der Waals surface area contributed by atoms with Gasteiger partial charge in [0.15, 0.2) is 0 Å². The van der Waals surface area contributed by atoms with E-state index in [4.69, 9.17) is 27.9 Å². The van der Waals surface area contributed by atoms with Crippen molar-refractivity contribution in [1.29, 1.82) is 0 Å². The van der Waals surface area contributed by atoms with Gasteiger partial charge in [-0.15, -0.1) is 0 Å². The highest BCUT2D eigenvalue weighted by atomic mass is 35.5. The Labute approximate surface area is 155 Å². The van der Waals surface area contributed by atoms with Gasteiger partial charge in [0.1, 0.15) is 10.8 Å². The van der Waals surface area contributed by atoms with E-state index in [-0.39, 0.29) is 23.1 Å². The van der Waals surface area contributed by atoms with Gasteiger partial charge in [-0.25, -0.2) is 0 Å². The van der Waals surface area contributed by atoms with Crippen molar-refractivity contribution in [3.8, 4) is 5.75 Å². The molecular formula is C19H15Cl2NO3. The van der Waals surface area contributed by atoms with Crippen LogP contribution in [0.25, 0.3) is 5.57 Å². The van der Waals surface area contributed by atoms with Gasteiger partial charge < -0.3 is 4.74 Å². The van der Waals surface area contributed by atoms with Crippen molar-refractivity contribution in [2.45, 2.75) is 6.42 Å². The second-order valence-electron chi connectivity index (χ2n) is 5.56. The fourth-order valence-electron chi connectivity index (χ4n) is 2.65. The number of rotatable bonds is 5. The summed E-state index contributed by atoms with van der Waals surface area (Å²) in [5.74, 6) is -0.0947. The molecule has 128 valence electrons. The average molecular weight is 376 g/mol. The molecule has 2 aromatic carbocycles. The van der Waals surface area contributed by atoms with Crippen LogP contribution in [0.4, 0.5) is 0 Å². The van der Waals surface area contributed by atoms with E-state index in [0.29, 0.717) is 17.0 Å². The van der Waals surface area contributed by atoms with Crippen molar-refractivity contribution in [3.63, 3.8) is 0 Å². The molecule has 0 radical (unpaired) electrons. The number of ether oxygens (including phenoxy) is 1. The molecule has 1 aliphatic heterocycles. The topological polar surface area (TPSA) is 46.6 Å². The van der Waals surface area contributed by atoms with E-state index in [1.165, 1.54) is 4.90 Å². The van der Waals surface area contributed by atoms with Gasteiger partial charge in [0.2, 0.25) is 0 Å². The van der Waals surface area contributed by atoms with Crippen molar-refractivity contribution in [3.05, 3.63) is 69.7 Å². The van der Waals surface area contributed by atoms with Crippen LogP contribution in [0.3, 0.4) is 0 Å². The van der Waals surface area contributed by atoms with Gasteiger partial charge in [0, 0.05) is 11.6 Å². The van der Waals surface area contributed by atoms with Crippen LogP contribution in [-0.2, 0) is 16.0 Å². The number of hydrogen-bond donors (Lipinski definition) is 0. The largest absolute Gasteiger partial charge is 0.497 e. The number of hydrogen-bond acceptors (Lipinski definition) is 3. The van der Waals surface area contributed by atoms with E-state index in [9.17, 15) is 9.59 Å². The van der Waals surface area contributed by atoms with E-state index in [1.807, 2.05) is 24.3 Å². The molecule has 3 rings (SSSR count). The summed E-state index contributed by atoms with van der Waals surface area (Å²) in [7, 11) is 1.60. The lowest BCUT2D eigenvalue weighted by Crippen LogP contribution is -2.33. The Bertz CT molecular complexity index is 842. The zero-order valence-electron chi connectivity index (χ0n) is 13.5. The van der Waals surface area contributed by atoms with Crippen LogP contribution in [-0.4, -0.2) is 30.4 Å². The maximum absolute atomic E-state index is 12.6. The Kier molecular flexibility index (Phi) is 5.11. The molecule has 0 fully saturated rings. The van der Waals surface area contributed by atoms with Crippen molar-refractivity contribution >= 4 is 40.6 Å². The Morgan fingerprint density at radius 3 is 2.16 bits per heavy atom. The second-order valence-corrected chi connectivity index (χ2v) is 6.37. The molecule has 2 amide bonds. The van der Waals surface area contributed by atoms with E-state index in [1.54, 1.807) is 31.4 Å². The number of amides is 2. The minimum absolute atomic E-state index is 0.0537. The molecule has 1 aliphatic rings. The third kappa shape index (κ3) is 3.55. The van der Waals surface area contributed by atoms with Crippen molar-refractivity contribution < 1.29 is 14.3 Å². The summed E-state index contributed by atoms with van der Waals surface area (Å²) in [5.41, 5.74) is 1.80. The summed E-state index contributed by atoms with van der Waals surface area (Å²) in [6.45, 7) is 0.261. The lowest BCUT2D eigenvalue weighted by Gasteiger charge is -2.15. The first kappa shape index (κ1) is 17.5. The van der Waals surface area contributed by atoms with Gasteiger partial charge >= 0.3 is 0 Å². The molecule has 0 aliphatic carbocycles. The zero-order chi connectivity index (χ0) is 18.0. The summed E-state index contributed by atoms with van der Waals surface area (Å²) >= 11 is 12.0. The highest BCUT2D eigenvalue weighted by Gasteiger charge is 2.37. The summed E-state index contributed by atoms with van der Waals surface area (Å²) in [4.78, 5) is 26.2. The van der Waals surface area contributed by atoms with Crippen molar-refractivity contribution in [1.82, 2.24) is 4.90 Å². The maximum atomic E-state index is 12.6. The summed E-state index contributed by atoms with van der Waals surface area (Å²) in [6.07, 6.45) is 0.541. The number of benzene rings is 2. The highest BCUT2D eigenvalue weighted by Crippen LogP contribution is 2.32. The van der Waals surface area contributed by atoms with Gasteiger partial charge in [-0.3, -0.25) is 14.5 Å². The molecule has 0 bridgehead atoms. The number of carbonyl (C=O) groups is 2. The Hall–Kier alpha value is -2.30. The molecule has 0 saturated heterocycles. The van der Waals surface area contributed by atoms with E-state index < -0.39 is 5.91 Å². The molecule has 0 N–H and O–H groups in total. The molecule has 0 spiro atoms. The number of imide groups is 1. The minimum Gasteiger partial charge on any atom is -0.497 e. The van der Waals surface area contributed by atoms with Crippen LogP contribution >= 0.6 is 23.2 Å². The van der Waals surface area contributed by atoms with Crippen LogP contribution < -0.4 is 4.74 Å². The second kappa shape index (κ2) is 7.30. The molecule has 0 unspecified atom stereocenters. The fourth-order valence-corrected chi connectivity index (χ4v) is 3.07. The average Bonchev–Trinajstić information content (AvgIpc) is 2.84. The molecular weight excluding hydrogens is 361 g/mol. The Morgan fingerprint density at radius 2 is 1.56 bits per heavy atom. The summed E-state index contributed by atoms with van der Waals surface area (Å²) in [6, 6.07) is 14.2. The maximum Gasteiger partial charge on any atom is 0.273 e. The Morgan fingerprint density at radius 1 is 0.920 bits per heavy atom. The van der Waals surface area contributed by atoms with Crippen molar-refractivity contribution in [2.75, 3.05) is 13.7 Å². The molecule has 25 heavy (non-hydrogen) atoms. The molecule has 4 nitrogen and oxygen atoms in total. The SMILES string of the molecule is COc1ccc(CCN2C(=O)C(Cl)=C(c3ccc(Cl)cc3)C2=O)cc1. The lowest BCUT2D eigenvalue weighted by atomic mass is 10.1. The predicted molar refractivity (Wildman–Crippen MR) is 97.6 cm³/mol. The molecule has 1 heterocycles. The van der Waals surface area contributed by atoms with Crippen LogP contribution in [0.5, 0.6) is 5.75 Å². The van der Waals surface area contributed by atoms with Crippen LogP contribution in [0, 0.1) is 0 Å². The van der Waals surface area contributed by atoms with Crippen LogP contribution in [0.2, 0.25) is 5.02 Å². The van der Waals surface area contributed by atoms with Gasteiger partial charge in [0.25, 0.3) is 11.8 Å². The molecule has 0 atom stereocenters. The van der Waals surface area contributed by atoms with Crippen LogP contribution in [0.15, 0.2) is 53.6 Å². The van der Waals surface area contributed by atoms with E-state index in [2.05, 4.69) is 0 Å². The third-order valence-electron chi connectivity index (χ3n) is 4.03. The van der Waals surface area contributed by atoms with Crippen molar-refractivity contribution in [2.24, 2.45) is 0 Å². The molecule has 0 saturated carbocycles. The molecule has 0 aromatic heterocycles. The number of carbonyl (C=O) groups excluding carboxylic acids is 2. The third-order valence-corrected chi connectivity index (χ3v) is 4.63. The first-order valence-corrected chi connectivity index (χ1v) is 8.41. The van der Waals surface area contributed by atoms with E-state index in [0.717, 1.165) is 11.3 Å². The minimum atomic E-state index is -0.467. The lowest BCUT2D eigenvalue weighted by molar-refractivity contribution is -0.136. The molecule has 2 aromatic rings. The van der Waals surface area contributed by atoms with Gasteiger partial charge in [-0.2, -0.15) is 0 Å². The summed E-state index contributed by atoms with van der Waals surface area (Å²) in [5, 5.41) is 0.496. The fraction of sp³-hybridized carbons (Fsp3) is 0.158. The smallest absolute Gasteiger partial charge is 0.273 e. The first-order valence-electron chi connectivity index (χ1n) is 7.66. The standard InChI is InChI=1S/C19H15Cl2NO3/c1-25-15-8-2-12(3-9-15)10-11-22-18(23)16(17(21)19(22)24)13-4-6-14(20)7-5-13/h2-9H,10-11H2,1H3. The van der Waals surface area contributed by atoms with E-state index >= 15 is 0 Å². The zero-order valence-corrected chi connectivity index (χ0v) is 15.0. The molecule has 6 heteroatoms. The highest BCUT2D eigenvalue weighted by molar-refractivity contribution is 6.55. The van der Waals surface area contributed by atoms with Gasteiger partial charge in [0.05, 0.1) is 12.7 Å². The quantitative estimate of drug-likeness (QED) is 0.744. The number of nitrogens with zero attached hydrogens (tertiary/aromatic N) is 1. The predicted octanol–water partition coefficient (Wildman–Crippen LogP) is 3.91. The monoisotopic (exact) mass is 375 g/mol. The normalized spacial score (nSPS) is 14.4. The van der Waals surface area contributed by atoms with Gasteiger partial charge in [-0.05, 0) is 41.8 Å². The van der Waals surface area contributed by atoms with Gasteiger partial charge in [-0.1, -0.05) is 47.5 Å². The number of methoxy groups -OCH3 is 1. The summed E-state index contributed by atoms with van der Waals surface area (Å²) < 4.78 is 5.11. The van der Waals surface area contributed by atoms with Crippen LogP contribution in [0.1, 0.15) is 11.1 Å². The first-order chi connectivity index (χ1) is 12.0. The Balaban J connectivity index is 1.75. The number of halogens is 2.